The van der Waals surface area contributed by atoms with Crippen LogP contribution < -0.4 is 0 Å². The maximum absolute atomic E-state index is 13.0. The highest BCUT2D eigenvalue weighted by Gasteiger charge is 2.32. The fraction of sp³-hybridized carbons (Fsp3) is 0.294. The van der Waals surface area contributed by atoms with Crippen molar-refractivity contribution in [3.05, 3.63) is 46.2 Å². The van der Waals surface area contributed by atoms with Crippen molar-refractivity contribution >= 4 is 22.7 Å². The lowest BCUT2D eigenvalue weighted by Gasteiger charge is -2.25. The quantitative estimate of drug-likeness (QED) is 0.877. The number of amidine groups is 1. The van der Waals surface area contributed by atoms with E-state index in [1.165, 1.54) is 23.5 Å². The Morgan fingerprint density at radius 2 is 2.09 bits per heavy atom. The molecule has 0 radical (unpaired) electrons. The summed E-state index contributed by atoms with van der Waals surface area (Å²) in [7, 11) is 0. The zero-order valence-corrected chi connectivity index (χ0v) is 13.8. The summed E-state index contributed by atoms with van der Waals surface area (Å²) in [4.78, 5) is 6.40. The number of hydrogen-bond donors (Lipinski definition) is 2. The predicted octanol–water partition coefficient (Wildman–Crippen LogP) is 4.31. The molecule has 6 heteroatoms. The zero-order valence-electron chi connectivity index (χ0n) is 13.0. The van der Waals surface area contributed by atoms with Gasteiger partial charge in [-0.15, -0.1) is 11.3 Å². The van der Waals surface area contributed by atoms with E-state index in [4.69, 9.17) is 5.41 Å². The lowest BCUT2D eigenvalue weighted by atomic mass is 10.2. The van der Waals surface area contributed by atoms with Gasteiger partial charge in [0.2, 0.25) is 0 Å². The number of nitrogens with one attached hydrogen (secondary N) is 1. The van der Waals surface area contributed by atoms with E-state index in [0.717, 1.165) is 17.7 Å². The maximum atomic E-state index is 13.0. The van der Waals surface area contributed by atoms with E-state index in [1.807, 2.05) is 17.2 Å². The van der Waals surface area contributed by atoms with Crippen molar-refractivity contribution in [3.8, 4) is 11.3 Å². The Kier molecular flexibility index (Phi) is 4.17. The molecule has 0 saturated heterocycles. The van der Waals surface area contributed by atoms with E-state index in [-0.39, 0.29) is 17.6 Å². The van der Waals surface area contributed by atoms with Crippen molar-refractivity contribution in [1.82, 2.24) is 9.88 Å². The molecule has 0 spiro atoms. The summed E-state index contributed by atoms with van der Waals surface area (Å²) >= 11 is 1.38. The second kappa shape index (κ2) is 6.12. The highest BCUT2D eigenvalue weighted by molar-refractivity contribution is 7.11. The van der Waals surface area contributed by atoms with Crippen molar-refractivity contribution in [2.24, 2.45) is 0 Å². The largest absolute Gasteiger partial charge is 0.510 e. The van der Waals surface area contributed by atoms with Crippen LogP contribution in [0.5, 0.6) is 0 Å². The van der Waals surface area contributed by atoms with Crippen LogP contribution in [0.3, 0.4) is 0 Å². The standard InChI is InChI=1S/C17H18FN3OS/c1-3-10(2)21-8-14(22)15(16(21)19)17-20-13(9-23-17)11-4-6-12(18)7-5-11/h4-7,9-10,19,22H,3,8H2,1-2H3/t10-/m1/s1. The van der Waals surface area contributed by atoms with Crippen LogP contribution in [0.15, 0.2) is 35.4 Å². The molecule has 1 aromatic carbocycles. The van der Waals surface area contributed by atoms with Gasteiger partial charge in [0.15, 0.2) is 0 Å². The number of benzene rings is 1. The number of nitrogens with zero attached hydrogens (tertiary/aromatic N) is 2. The van der Waals surface area contributed by atoms with Crippen molar-refractivity contribution in [1.29, 1.82) is 5.41 Å². The molecule has 1 aliphatic heterocycles. The van der Waals surface area contributed by atoms with Gasteiger partial charge < -0.3 is 10.0 Å². The van der Waals surface area contributed by atoms with E-state index >= 15 is 0 Å². The minimum Gasteiger partial charge on any atom is -0.510 e. The molecule has 1 aliphatic rings. The number of aliphatic hydroxyl groups is 1. The van der Waals surface area contributed by atoms with Crippen molar-refractivity contribution < 1.29 is 9.50 Å². The molecule has 2 aromatic rings. The van der Waals surface area contributed by atoms with Gasteiger partial charge >= 0.3 is 0 Å². The van der Waals surface area contributed by atoms with Gasteiger partial charge in [-0.2, -0.15) is 0 Å². The first kappa shape index (κ1) is 15.7. The van der Waals surface area contributed by atoms with E-state index in [9.17, 15) is 9.50 Å². The van der Waals surface area contributed by atoms with E-state index < -0.39 is 0 Å². The minimum atomic E-state index is -0.286. The van der Waals surface area contributed by atoms with Gasteiger partial charge in [0.1, 0.15) is 22.4 Å². The van der Waals surface area contributed by atoms with Gasteiger partial charge in [0.25, 0.3) is 0 Å². The lowest BCUT2D eigenvalue weighted by molar-refractivity contribution is 0.301. The van der Waals surface area contributed by atoms with E-state index in [1.54, 1.807) is 12.1 Å². The molecule has 0 bridgehead atoms. The van der Waals surface area contributed by atoms with Gasteiger partial charge in [0.05, 0.1) is 17.8 Å². The summed E-state index contributed by atoms with van der Waals surface area (Å²) in [6, 6.07) is 6.33. The Morgan fingerprint density at radius 3 is 2.74 bits per heavy atom. The molecule has 2 N–H and O–H groups in total. The second-order valence-electron chi connectivity index (χ2n) is 5.60. The summed E-state index contributed by atoms with van der Waals surface area (Å²) < 4.78 is 13.0. The summed E-state index contributed by atoms with van der Waals surface area (Å²) in [5.74, 6) is 0.221. The first-order chi connectivity index (χ1) is 11.0. The number of hydrogen-bond acceptors (Lipinski definition) is 4. The highest BCUT2D eigenvalue weighted by Crippen LogP contribution is 2.33. The average molecular weight is 331 g/mol. The Hall–Kier alpha value is -2.21. The molecule has 1 atom stereocenters. The topological polar surface area (TPSA) is 60.2 Å². The predicted molar refractivity (Wildman–Crippen MR) is 91.2 cm³/mol. The first-order valence-electron chi connectivity index (χ1n) is 7.50. The molecule has 2 heterocycles. The van der Waals surface area contributed by atoms with Gasteiger partial charge in [-0.25, -0.2) is 9.37 Å². The normalized spacial score (nSPS) is 16.3. The van der Waals surface area contributed by atoms with Crippen LogP contribution in [-0.2, 0) is 0 Å². The number of halogens is 1. The summed E-state index contributed by atoms with van der Waals surface area (Å²) in [6.07, 6.45) is 0.904. The van der Waals surface area contributed by atoms with Gasteiger partial charge in [0, 0.05) is 17.0 Å². The van der Waals surface area contributed by atoms with E-state index in [2.05, 4.69) is 11.9 Å². The Morgan fingerprint density at radius 1 is 1.39 bits per heavy atom. The second-order valence-corrected chi connectivity index (χ2v) is 6.46. The van der Waals surface area contributed by atoms with Crippen LogP contribution >= 0.6 is 11.3 Å². The Bertz CT molecular complexity index is 766. The van der Waals surface area contributed by atoms with E-state index in [0.29, 0.717) is 23.0 Å². The molecule has 1 aromatic heterocycles. The fourth-order valence-corrected chi connectivity index (χ4v) is 3.46. The molecular weight excluding hydrogens is 313 g/mol. The molecule has 4 nitrogen and oxygen atoms in total. The van der Waals surface area contributed by atoms with Crippen molar-refractivity contribution in [2.75, 3.05) is 6.54 Å². The zero-order chi connectivity index (χ0) is 16.6. The van der Waals surface area contributed by atoms with Crippen LogP contribution in [0.4, 0.5) is 4.39 Å². The van der Waals surface area contributed by atoms with Crippen molar-refractivity contribution in [3.63, 3.8) is 0 Å². The molecule has 0 amide bonds. The third kappa shape index (κ3) is 2.86. The Labute approximate surface area is 138 Å². The number of rotatable bonds is 4. The number of thiazole rings is 1. The monoisotopic (exact) mass is 331 g/mol. The molecule has 23 heavy (non-hydrogen) atoms. The maximum Gasteiger partial charge on any atom is 0.135 e. The number of aliphatic hydroxyl groups excluding tert-OH is 1. The molecule has 0 unspecified atom stereocenters. The van der Waals surface area contributed by atoms with Crippen LogP contribution in [0, 0.1) is 11.2 Å². The van der Waals surface area contributed by atoms with Crippen LogP contribution in [0.1, 0.15) is 25.3 Å². The third-order valence-electron chi connectivity index (χ3n) is 4.11. The molecule has 0 saturated carbocycles. The van der Waals surface area contributed by atoms with Gasteiger partial charge in [-0.3, -0.25) is 5.41 Å². The first-order valence-corrected chi connectivity index (χ1v) is 8.38. The lowest BCUT2D eigenvalue weighted by Crippen LogP contribution is -2.34. The summed E-state index contributed by atoms with van der Waals surface area (Å²) in [5, 5.41) is 21.1. The van der Waals surface area contributed by atoms with Crippen LogP contribution in [0.25, 0.3) is 16.8 Å². The highest BCUT2D eigenvalue weighted by atomic mass is 32.1. The van der Waals surface area contributed by atoms with Gasteiger partial charge in [-0.05, 0) is 37.6 Å². The summed E-state index contributed by atoms with van der Waals surface area (Å²) in [6.45, 7) is 4.45. The fourth-order valence-electron chi connectivity index (χ4n) is 2.56. The summed E-state index contributed by atoms with van der Waals surface area (Å²) in [5.41, 5.74) is 2.04. The molecule has 0 aliphatic carbocycles. The molecule has 3 rings (SSSR count). The Balaban J connectivity index is 1.90. The third-order valence-corrected chi connectivity index (χ3v) is 4.97. The SMILES string of the molecule is CC[C@@H](C)N1CC(O)=C(c2nc(-c3ccc(F)cc3)cs2)C1=N. The van der Waals surface area contributed by atoms with Gasteiger partial charge in [-0.1, -0.05) is 6.92 Å². The smallest absolute Gasteiger partial charge is 0.135 e. The molecule has 120 valence electrons. The van der Waals surface area contributed by atoms with Crippen LogP contribution in [0.2, 0.25) is 0 Å². The molecular formula is C17H18FN3OS. The number of aromatic nitrogens is 1. The van der Waals surface area contributed by atoms with Crippen LogP contribution in [-0.4, -0.2) is 33.4 Å². The average Bonchev–Trinajstić information content (AvgIpc) is 3.12. The minimum absolute atomic E-state index is 0.190. The molecule has 0 fully saturated rings. The van der Waals surface area contributed by atoms with Crippen molar-refractivity contribution in [2.45, 2.75) is 26.3 Å².